The van der Waals surface area contributed by atoms with Crippen LogP contribution in [-0.2, 0) is 6.42 Å². The first kappa shape index (κ1) is 15.0. The van der Waals surface area contributed by atoms with Gasteiger partial charge < -0.3 is 0 Å². The zero-order valence-electron chi connectivity index (χ0n) is 13.6. The number of benzene rings is 2. The minimum absolute atomic E-state index is 1.03. The molecule has 0 saturated carbocycles. The maximum Gasteiger partial charge on any atom is 0.125 e. The average Bonchev–Trinajstić information content (AvgIpc) is 3.12. The lowest BCUT2D eigenvalue weighted by Gasteiger charge is -2.04. The molecule has 2 aromatic heterocycles. The van der Waals surface area contributed by atoms with Crippen molar-refractivity contribution in [2.24, 2.45) is 0 Å². The van der Waals surface area contributed by atoms with Gasteiger partial charge in [0.05, 0.1) is 5.69 Å². The van der Waals surface area contributed by atoms with E-state index in [2.05, 4.69) is 65.8 Å². The van der Waals surface area contributed by atoms with Crippen molar-refractivity contribution < 1.29 is 0 Å². The predicted octanol–water partition coefficient (Wildman–Crippen LogP) is 5.98. The van der Waals surface area contributed by atoms with E-state index in [0.29, 0.717) is 0 Å². The topological polar surface area (TPSA) is 25.8 Å². The van der Waals surface area contributed by atoms with E-state index >= 15 is 0 Å². The predicted molar refractivity (Wildman–Crippen MR) is 102 cm³/mol. The van der Waals surface area contributed by atoms with Gasteiger partial charge in [0.25, 0.3) is 0 Å². The maximum atomic E-state index is 4.88. The van der Waals surface area contributed by atoms with E-state index in [-0.39, 0.29) is 0 Å². The standard InChI is InChI=1S/C21H18N2S/c1-2-5-16-10-11-22-13-19(16)21-23-20(14-24-21)18-9-8-15-6-3-4-7-17(15)12-18/h3-4,6-14H,2,5H2,1H3. The highest BCUT2D eigenvalue weighted by Gasteiger charge is 2.11. The molecule has 3 heteroatoms. The second-order valence-corrected chi connectivity index (χ2v) is 6.74. The summed E-state index contributed by atoms with van der Waals surface area (Å²) in [6, 6.07) is 17.1. The minimum Gasteiger partial charge on any atom is -0.264 e. The summed E-state index contributed by atoms with van der Waals surface area (Å²) in [6.07, 6.45) is 5.99. The normalized spacial score (nSPS) is 11.0. The second-order valence-electron chi connectivity index (χ2n) is 5.88. The van der Waals surface area contributed by atoms with Gasteiger partial charge in [0.15, 0.2) is 0 Å². The summed E-state index contributed by atoms with van der Waals surface area (Å²) in [4.78, 5) is 9.17. The summed E-state index contributed by atoms with van der Waals surface area (Å²) in [5.74, 6) is 0. The summed E-state index contributed by atoms with van der Waals surface area (Å²) in [5.41, 5.74) is 4.69. The van der Waals surface area contributed by atoms with Gasteiger partial charge in [0.1, 0.15) is 5.01 Å². The third-order valence-electron chi connectivity index (χ3n) is 4.21. The lowest BCUT2D eigenvalue weighted by atomic mass is 10.1. The van der Waals surface area contributed by atoms with Gasteiger partial charge in [-0.15, -0.1) is 11.3 Å². The first-order valence-electron chi connectivity index (χ1n) is 8.23. The number of rotatable bonds is 4. The van der Waals surface area contributed by atoms with Crippen LogP contribution in [0.5, 0.6) is 0 Å². The molecule has 0 aliphatic heterocycles. The van der Waals surface area contributed by atoms with Crippen LogP contribution in [0.1, 0.15) is 18.9 Å². The fourth-order valence-electron chi connectivity index (χ4n) is 2.98. The molecule has 0 saturated heterocycles. The van der Waals surface area contributed by atoms with E-state index in [0.717, 1.165) is 34.7 Å². The van der Waals surface area contributed by atoms with Gasteiger partial charge in [-0.1, -0.05) is 49.7 Å². The Kier molecular flexibility index (Phi) is 4.09. The Morgan fingerprint density at radius 2 is 1.88 bits per heavy atom. The van der Waals surface area contributed by atoms with Crippen LogP contribution in [0.3, 0.4) is 0 Å². The van der Waals surface area contributed by atoms with Crippen LogP contribution in [-0.4, -0.2) is 9.97 Å². The molecule has 0 unspecified atom stereocenters. The van der Waals surface area contributed by atoms with Gasteiger partial charge in [-0.3, -0.25) is 4.98 Å². The quantitative estimate of drug-likeness (QED) is 0.460. The van der Waals surface area contributed by atoms with E-state index in [9.17, 15) is 0 Å². The Labute approximate surface area is 145 Å². The van der Waals surface area contributed by atoms with E-state index in [4.69, 9.17) is 4.98 Å². The molecule has 0 amide bonds. The van der Waals surface area contributed by atoms with Crippen LogP contribution in [0.2, 0.25) is 0 Å². The van der Waals surface area contributed by atoms with Gasteiger partial charge in [0, 0.05) is 28.9 Å². The van der Waals surface area contributed by atoms with Crippen molar-refractivity contribution in [2.75, 3.05) is 0 Å². The second kappa shape index (κ2) is 6.54. The van der Waals surface area contributed by atoms with Gasteiger partial charge >= 0.3 is 0 Å². The average molecular weight is 330 g/mol. The number of aromatic nitrogens is 2. The Hall–Kier alpha value is -2.52. The number of thiazole rings is 1. The van der Waals surface area contributed by atoms with Crippen molar-refractivity contribution in [3.8, 4) is 21.8 Å². The van der Waals surface area contributed by atoms with Crippen molar-refractivity contribution in [3.05, 3.63) is 71.9 Å². The zero-order valence-corrected chi connectivity index (χ0v) is 14.4. The van der Waals surface area contributed by atoms with Gasteiger partial charge in [-0.2, -0.15) is 0 Å². The molecule has 118 valence electrons. The summed E-state index contributed by atoms with van der Waals surface area (Å²) < 4.78 is 0. The molecule has 0 fully saturated rings. The van der Waals surface area contributed by atoms with Crippen LogP contribution in [0.15, 0.2) is 66.3 Å². The van der Waals surface area contributed by atoms with Crippen molar-refractivity contribution >= 4 is 22.1 Å². The first-order valence-corrected chi connectivity index (χ1v) is 9.11. The molecular weight excluding hydrogens is 312 g/mol. The zero-order chi connectivity index (χ0) is 16.4. The molecule has 2 aromatic carbocycles. The Balaban J connectivity index is 1.74. The van der Waals surface area contributed by atoms with Gasteiger partial charge in [0.2, 0.25) is 0 Å². The molecule has 2 nitrogen and oxygen atoms in total. The smallest absolute Gasteiger partial charge is 0.125 e. The highest BCUT2D eigenvalue weighted by atomic mass is 32.1. The molecule has 0 spiro atoms. The van der Waals surface area contributed by atoms with Crippen LogP contribution in [0.25, 0.3) is 32.6 Å². The summed E-state index contributed by atoms with van der Waals surface area (Å²) in [7, 11) is 0. The molecule has 24 heavy (non-hydrogen) atoms. The minimum atomic E-state index is 1.03. The Morgan fingerprint density at radius 1 is 1.00 bits per heavy atom. The Morgan fingerprint density at radius 3 is 2.75 bits per heavy atom. The maximum absolute atomic E-state index is 4.88. The van der Waals surface area contributed by atoms with E-state index in [1.807, 2.05) is 12.4 Å². The SMILES string of the molecule is CCCc1ccncc1-c1nc(-c2ccc3ccccc3c2)cs1. The van der Waals surface area contributed by atoms with Gasteiger partial charge in [-0.25, -0.2) is 4.98 Å². The highest BCUT2D eigenvalue weighted by molar-refractivity contribution is 7.13. The largest absolute Gasteiger partial charge is 0.264 e. The molecular formula is C21H18N2S. The fourth-order valence-corrected chi connectivity index (χ4v) is 3.86. The van der Waals surface area contributed by atoms with Crippen LogP contribution >= 0.6 is 11.3 Å². The molecule has 0 atom stereocenters. The molecule has 0 aliphatic rings. The van der Waals surface area contributed by atoms with Crippen LogP contribution < -0.4 is 0 Å². The van der Waals surface area contributed by atoms with Gasteiger partial charge in [-0.05, 0) is 34.9 Å². The third-order valence-corrected chi connectivity index (χ3v) is 5.09. The molecule has 4 rings (SSSR count). The lowest BCUT2D eigenvalue weighted by molar-refractivity contribution is 0.920. The number of hydrogen-bond acceptors (Lipinski definition) is 3. The number of hydrogen-bond donors (Lipinski definition) is 0. The summed E-state index contributed by atoms with van der Waals surface area (Å²) >= 11 is 1.69. The first-order chi connectivity index (χ1) is 11.8. The number of pyridine rings is 1. The van der Waals surface area contributed by atoms with Crippen LogP contribution in [0.4, 0.5) is 0 Å². The molecule has 4 aromatic rings. The van der Waals surface area contributed by atoms with Crippen molar-refractivity contribution in [1.29, 1.82) is 0 Å². The number of aryl methyl sites for hydroxylation is 1. The van der Waals surface area contributed by atoms with E-state index in [1.54, 1.807) is 11.3 Å². The van der Waals surface area contributed by atoms with E-state index < -0.39 is 0 Å². The molecule has 0 radical (unpaired) electrons. The fraction of sp³-hybridized carbons (Fsp3) is 0.143. The summed E-state index contributed by atoms with van der Waals surface area (Å²) in [5, 5.41) is 5.70. The molecule has 0 bridgehead atoms. The molecule has 0 N–H and O–H groups in total. The monoisotopic (exact) mass is 330 g/mol. The highest BCUT2D eigenvalue weighted by Crippen LogP contribution is 2.32. The number of nitrogens with zero attached hydrogens (tertiary/aromatic N) is 2. The molecule has 2 heterocycles. The van der Waals surface area contributed by atoms with Crippen molar-refractivity contribution in [1.82, 2.24) is 9.97 Å². The Bertz CT molecular complexity index is 988. The van der Waals surface area contributed by atoms with E-state index in [1.165, 1.54) is 16.3 Å². The van der Waals surface area contributed by atoms with Crippen LogP contribution in [0, 0.1) is 0 Å². The van der Waals surface area contributed by atoms with Crippen molar-refractivity contribution in [2.45, 2.75) is 19.8 Å². The summed E-state index contributed by atoms with van der Waals surface area (Å²) in [6.45, 7) is 2.20. The third kappa shape index (κ3) is 2.83. The lowest BCUT2D eigenvalue weighted by Crippen LogP contribution is -1.90. The van der Waals surface area contributed by atoms with Crippen molar-refractivity contribution in [3.63, 3.8) is 0 Å². The number of fused-ring (bicyclic) bond motifs is 1. The molecule has 0 aliphatic carbocycles.